The molecule has 0 aromatic carbocycles. The van der Waals surface area contributed by atoms with E-state index in [1.165, 1.54) is 5.57 Å². The Morgan fingerprint density at radius 3 is 2.62 bits per heavy atom. The zero-order chi connectivity index (χ0) is 15.5. The normalized spacial score (nSPS) is 14.2. The molecule has 0 bridgehead atoms. The average Bonchev–Trinajstić information content (AvgIpc) is 3.01. The Bertz CT molecular complexity index is 517. The molecule has 21 heavy (non-hydrogen) atoms. The van der Waals surface area contributed by atoms with Crippen molar-refractivity contribution in [2.24, 2.45) is 4.99 Å². The van der Waals surface area contributed by atoms with Crippen LogP contribution in [0.3, 0.4) is 0 Å². The third kappa shape index (κ3) is 5.54. The second-order valence-electron chi connectivity index (χ2n) is 5.03. The molecule has 0 saturated heterocycles. The summed E-state index contributed by atoms with van der Waals surface area (Å²) in [5.41, 5.74) is 4.44. The topological polar surface area (TPSA) is 41.0 Å². The molecule has 3 heteroatoms. The van der Waals surface area contributed by atoms with Gasteiger partial charge in [-0.25, -0.2) is 0 Å². The van der Waals surface area contributed by atoms with Crippen molar-refractivity contribution in [3.8, 4) is 0 Å². The molecule has 0 aliphatic rings. The Kier molecular flexibility index (Phi) is 8.10. The van der Waals surface area contributed by atoms with Crippen LogP contribution in [0.5, 0.6) is 0 Å². The molecule has 114 valence electrons. The molecule has 0 aliphatic heterocycles. The van der Waals surface area contributed by atoms with Crippen LogP contribution in [0.4, 0.5) is 0 Å². The number of nitrogens with one attached hydrogen (secondary N) is 1. The standard InChI is InChI=1S/C18H27N3/c1-5-8-11-15(4)18(19-12-9-6-2)17(10-7-3)16-13-20-21-14-16/h7,10-14H,5-6,8-9H2,1-4H3,(H,20,21)/b10-7-,15-11+,18-17-,19-12?. The molecule has 1 heterocycles. The number of aromatic amines is 1. The summed E-state index contributed by atoms with van der Waals surface area (Å²) in [6.45, 7) is 8.52. The first-order valence-electron chi connectivity index (χ1n) is 7.80. The molecule has 3 nitrogen and oxygen atoms in total. The minimum Gasteiger partial charge on any atom is -0.285 e. The number of nitrogens with zero attached hydrogens (tertiary/aromatic N) is 2. The molecule has 0 atom stereocenters. The van der Waals surface area contributed by atoms with Gasteiger partial charge in [0.05, 0.1) is 11.9 Å². The van der Waals surface area contributed by atoms with Crippen LogP contribution in [-0.2, 0) is 0 Å². The molecule has 0 aliphatic carbocycles. The van der Waals surface area contributed by atoms with Gasteiger partial charge >= 0.3 is 0 Å². The maximum atomic E-state index is 4.73. The van der Waals surface area contributed by atoms with E-state index in [1.54, 1.807) is 0 Å². The Morgan fingerprint density at radius 1 is 1.29 bits per heavy atom. The van der Waals surface area contributed by atoms with Crippen molar-refractivity contribution in [1.82, 2.24) is 10.2 Å². The Morgan fingerprint density at radius 2 is 2.05 bits per heavy atom. The molecule has 0 saturated carbocycles. The number of H-pyrrole nitrogens is 1. The van der Waals surface area contributed by atoms with E-state index in [0.717, 1.165) is 42.5 Å². The van der Waals surface area contributed by atoms with Gasteiger partial charge in [-0.2, -0.15) is 5.10 Å². The molecule has 0 radical (unpaired) electrons. The maximum absolute atomic E-state index is 4.73. The monoisotopic (exact) mass is 285 g/mol. The second kappa shape index (κ2) is 9.92. The van der Waals surface area contributed by atoms with Crippen molar-refractivity contribution in [1.29, 1.82) is 0 Å². The molecule has 0 unspecified atom stereocenters. The summed E-state index contributed by atoms with van der Waals surface area (Å²) in [4.78, 5) is 4.73. The molecule has 0 spiro atoms. The summed E-state index contributed by atoms with van der Waals surface area (Å²) in [6.07, 6.45) is 16.5. The number of aromatic nitrogens is 2. The number of unbranched alkanes of at least 4 members (excludes halogenated alkanes) is 2. The Labute approximate surface area is 128 Å². The van der Waals surface area contributed by atoms with Crippen LogP contribution in [0, 0.1) is 0 Å². The highest BCUT2D eigenvalue weighted by atomic mass is 15.1. The molecule has 1 aromatic rings. The van der Waals surface area contributed by atoms with E-state index in [-0.39, 0.29) is 0 Å². The van der Waals surface area contributed by atoms with Crippen molar-refractivity contribution >= 4 is 11.8 Å². The molecule has 1 rings (SSSR count). The SMILES string of the molecule is C\C=C/C(=C(N=CCCC)\C(C)=C\CCC)c1cn[nH]c1. The highest BCUT2D eigenvalue weighted by Gasteiger charge is 2.08. The van der Waals surface area contributed by atoms with Crippen molar-refractivity contribution in [3.63, 3.8) is 0 Å². The van der Waals surface area contributed by atoms with Crippen LogP contribution in [0.1, 0.15) is 58.9 Å². The van der Waals surface area contributed by atoms with Crippen molar-refractivity contribution < 1.29 is 0 Å². The van der Waals surface area contributed by atoms with Crippen molar-refractivity contribution in [2.45, 2.75) is 53.4 Å². The number of hydrogen-bond acceptors (Lipinski definition) is 2. The largest absolute Gasteiger partial charge is 0.285 e. The lowest BCUT2D eigenvalue weighted by molar-refractivity contribution is 0.948. The quantitative estimate of drug-likeness (QED) is 0.510. The van der Waals surface area contributed by atoms with Crippen molar-refractivity contribution in [2.75, 3.05) is 0 Å². The fourth-order valence-corrected chi connectivity index (χ4v) is 2.00. The van der Waals surface area contributed by atoms with Gasteiger partial charge in [-0.1, -0.05) is 44.9 Å². The molecule has 1 N–H and O–H groups in total. The predicted molar refractivity (Wildman–Crippen MR) is 92.4 cm³/mol. The van der Waals surface area contributed by atoms with Gasteiger partial charge < -0.3 is 0 Å². The van der Waals surface area contributed by atoms with Crippen LogP contribution in [0.25, 0.3) is 5.57 Å². The minimum atomic E-state index is 0.999. The summed E-state index contributed by atoms with van der Waals surface area (Å²) in [5.74, 6) is 0. The number of allylic oxidation sites excluding steroid dienone is 5. The average molecular weight is 285 g/mol. The highest BCUT2D eigenvalue weighted by molar-refractivity contribution is 5.80. The van der Waals surface area contributed by atoms with E-state index >= 15 is 0 Å². The summed E-state index contributed by atoms with van der Waals surface area (Å²) >= 11 is 0. The lowest BCUT2D eigenvalue weighted by atomic mass is 10.0. The van der Waals surface area contributed by atoms with E-state index in [4.69, 9.17) is 4.99 Å². The third-order valence-electron chi connectivity index (χ3n) is 3.15. The van der Waals surface area contributed by atoms with E-state index in [0.29, 0.717) is 0 Å². The van der Waals surface area contributed by atoms with Gasteiger partial charge in [0, 0.05) is 23.5 Å². The van der Waals surface area contributed by atoms with Crippen LogP contribution in [0.15, 0.2) is 46.9 Å². The van der Waals surface area contributed by atoms with E-state index in [2.05, 4.69) is 43.1 Å². The zero-order valence-electron chi connectivity index (χ0n) is 13.7. The predicted octanol–water partition coefficient (Wildman–Crippen LogP) is 5.31. The van der Waals surface area contributed by atoms with E-state index in [9.17, 15) is 0 Å². The minimum absolute atomic E-state index is 0.999. The zero-order valence-corrected chi connectivity index (χ0v) is 13.7. The van der Waals surface area contributed by atoms with Crippen LogP contribution >= 0.6 is 0 Å². The molecule has 1 aromatic heterocycles. The Balaban J connectivity index is 3.31. The van der Waals surface area contributed by atoms with E-state index in [1.807, 2.05) is 31.6 Å². The summed E-state index contributed by atoms with van der Waals surface area (Å²) in [6, 6.07) is 0. The van der Waals surface area contributed by atoms with Crippen molar-refractivity contribution in [3.05, 3.63) is 47.5 Å². The number of rotatable bonds is 8. The molecular weight excluding hydrogens is 258 g/mol. The van der Waals surface area contributed by atoms with Gasteiger partial charge in [-0.05, 0) is 32.3 Å². The van der Waals surface area contributed by atoms with E-state index < -0.39 is 0 Å². The maximum Gasteiger partial charge on any atom is 0.0731 e. The van der Waals surface area contributed by atoms with Crippen LogP contribution in [0.2, 0.25) is 0 Å². The van der Waals surface area contributed by atoms with Gasteiger partial charge in [0.1, 0.15) is 0 Å². The fraction of sp³-hybridized carbons (Fsp3) is 0.444. The van der Waals surface area contributed by atoms with Crippen LogP contribution in [-0.4, -0.2) is 16.4 Å². The third-order valence-corrected chi connectivity index (χ3v) is 3.15. The molecule has 0 amide bonds. The Hall–Kier alpha value is -1.90. The smallest absolute Gasteiger partial charge is 0.0731 e. The number of hydrogen-bond donors (Lipinski definition) is 1. The van der Waals surface area contributed by atoms with Crippen LogP contribution < -0.4 is 0 Å². The van der Waals surface area contributed by atoms with Gasteiger partial charge in [0.25, 0.3) is 0 Å². The summed E-state index contributed by atoms with van der Waals surface area (Å²) in [7, 11) is 0. The fourth-order valence-electron chi connectivity index (χ4n) is 2.00. The first kappa shape index (κ1) is 17.2. The lowest BCUT2D eigenvalue weighted by Crippen LogP contribution is -1.91. The second-order valence-corrected chi connectivity index (χ2v) is 5.03. The first-order chi connectivity index (χ1) is 10.2. The summed E-state index contributed by atoms with van der Waals surface area (Å²) < 4.78 is 0. The van der Waals surface area contributed by atoms with Gasteiger partial charge in [-0.15, -0.1) is 0 Å². The number of aliphatic imine (C=N–C) groups is 1. The van der Waals surface area contributed by atoms with Gasteiger partial charge in [0.15, 0.2) is 0 Å². The van der Waals surface area contributed by atoms with Gasteiger partial charge in [-0.3, -0.25) is 10.1 Å². The molecular formula is C18H27N3. The first-order valence-corrected chi connectivity index (χ1v) is 7.80. The summed E-state index contributed by atoms with van der Waals surface area (Å²) in [5, 5.41) is 6.94. The van der Waals surface area contributed by atoms with Gasteiger partial charge in [0.2, 0.25) is 0 Å². The molecule has 0 fully saturated rings. The highest BCUT2D eigenvalue weighted by Crippen LogP contribution is 2.26. The lowest BCUT2D eigenvalue weighted by Gasteiger charge is -2.08.